The van der Waals surface area contributed by atoms with Crippen molar-refractivity contribution < 1.29 is 34.1 Å². The van der Waals surface area contributed by atoms with Gasteiger partial charge in [-0.15, -0.1) is 0 Å². The van der Waals surface area contributed by atoms with Crippen LogP contribution >= 0.6 is 0 Å². The van der Waals surface area contributed by atoms with E-state index in [1.165, 1.54) is 7.11 Å². The van der Waals surface area contributed by atoms with Crippen LogP contribution in [0.5, 0.6) is 5.75 Å². The Balaban J connectivity index is 1.67. The summed E-state index contributed by atoms with van der Waals surface area (Å²) >= 11 is 0. The second-order valence-corrected chi connectivity index (χ2v) is 9.12. The average molecular weight is 488 g/mol. The number of fused-ring (bicyclic) bond motifs is 2. The normalized spacial score (nSPS) is 25.2. The number of nitrogens with one attached hydrogen (secondary N) is 1. The van der Waals surface area contributed by atoms with Gasteiger partial charge in [0.2, 0.25) is 11.8 Å². The average Bonchev–Trinajstić information content (AvgIpc) is 3.33. The minimum absolute atomic E-state index is 0.0235. The maximum atomic E-state index is 13.7. The van der Waals surface area contributed by atoms with E-state index in [1.54, 1.807) is 36.4 Å². The predicted molar refractivity (Wildman–Crippen MR) is 128 cm³/mol. The van der Waals surface area contributed by atoms with Gasteiger partial charge in [0.15, 0.2) is 0 Å². The van der Waals surface area contributed by atoms with Gasteiger partial charge in [-0.25, -0.2) is 0 Å². The van der Waals surface area contributed by atoms with Crippen molar-refractivity contribution in [2.75, 3.05) is 7.11 Å². The number of hydrogen-bond acceptors (Lipinski definition) is 6. The summed E-state index contributed by atoms with van der Waals surface area (Å²) in [7, 11) is 1.54. The Labute approximate surface area is 206 Å². The smallest absolute Gasteiger partial charge is 0.325 e. The maximum Gasteiger partial charge on any atom is 0.325 e. The van der Waals surface area contributed by atoms with Crippen LogP contribution in [0.3, 0.4) is 0 Å². The number of carboxylic acid groups (broad SMARTS) is 2. The summed E-state index contributed by atoms with van der Waals surface area (Å²) in [5.74, 6) is -5.96. The summed E-state index contributed by atoms with van der Waals surface area (Å²) in [6.45, 7) is -0.0235. The molecule has 9 nitrogen and oxygen atoms in total. The lowest BCUT2D eigenvalue weighted by Crippen LogP contribution is -2.56. The van der Waals surface area contributed by atoms with Gasteiger partial charge in [0.05, 0.1) is 31.9 Å². The van der Waals surface area contributed by atoms with Gasteiger partial charge >= 0.3 is 11.9 Å². The van der Waals surface area contributed by atoms with Gasteiger partial charge < -0.3 is 14.9 Å². The molecule has 2 heterocycles. The molecule has 3 aromatic carbocycles. The molecule has 0 saturated carbocycles. The number of amides is 2. The van der Waals surface area contributed by atoms with Crippen LogP contribution in [0, 0.1) is 11.8 Å². The Kier molecular flexibility index (Phi) is 5.72. The van der Waals surface area contributed by atoms with Gasteiger partial charge in [-0.05, 0) is 22.6 Å². The number of imide groups is 1. The molecular formula is C27H24N2O7. The van der Waals surface area contributed by atoms with Crippen LogP contribution in [0.15, 0.2) is 66.7 Å². The topological polar surface area (TPSA) is 133 Å². The molecule has 2 saturated heterocycles. The molecule has 2 amide bonds. The molecule has 3 N–H and O–H groups in total. The number of carboxylic acids is 2. The van der Waals surface area contributed by atoms with Crippen molar-refractivity contribution >= 4 is 34.5 Å². The summed E-state index contributed by atoms with van der Waals surface area (Å²) in [6, 6.07) is 18.7. The van der Waals surface area contributed by atoms with Crippen molar-refractivity contribution in [3.05, 3.63) is 77.9 Å². The number of nitrogens with zero attached hydrogens (tertiary/aromatic N) is 1. The fraction of sp³-hybridized carbons (Fsp3) is 0.259. The summed E-state index contributed by atoms with van der Waals surface area (Å²) < 4.78 is 5.46. The quantitative estimate of drug-likeness (QED) is 0.432. The highest BCUT2D eigenvalue weighted by molar-refractivity contribution is 6.10. The molecule has 9 heteroatoms. The number of ether oxygens (including phenoxy) is 1. The fourth-order valence-corrected chi connectivity index (χ4v) is 5.67. The van der Waals surface area contributed by atoms with Gasteiger partial charge in [0, 0.05) is 11.4 Å². The van der Waals surface area contributed by atoms with Crippen molar-refractivity contribution in [2.24, 2.45) is 11.8 Å². The fourth-order valence-electron chi connectivity index (χ4n) is 5.67. The Morgan fingerprint density at radius 2 is 1.61 bits per heavy atom. The van der Waals surface area contributed by atoms with Crippen molar-refractivity contribution in [1.82, 2.24) is 10.2 Å². The summed E-state index contributed by atoms with van der Waals surface area (Å²) in [5.41, 5.74) is -0.851. The van der Waals surface area contributed by atoms with E-state index in [9.17, 15) is 29.4 Å². The molecule has 2 aliphatic heterocycles. The molecule has 2 fully saturated rings. The van der Waals surface area contributed by atoms with Crippen molar-refractivity contribution in [2.45, 2.75) is 24.5 Å². The zero-order valence-corrected chi connectivity index (χ0v) is 19.4. The van der Waals surface area contributed by atoms with E-state index in [0.29, 0.717) is 22.3 Å². The first-order chi connectivity index (χ1) is 17.3. The van der Waals surface area contributed by atoms with Gasteiger partial charge in [0.25, 0.3) is 0 Å². The highest BCUT2D eigenvalue weighted by atomic mass is 16.5. The van der Waals surface area contributed by atoms with E-state index < -0.39 is 53.6 Å². The molecule has 184 valence electrons. The van der Waals surface area contributed by atoms with E-state index in [2.05, 4.69) is 5.32 Å². The minimum atomic E-state index is -2.15. The third-order valence-electron chi connectivity index (χ3n) is 7.21. The number of carbonyl (C=O) groups excluding carboxylic acids is 2. The molecule has 4 atom stereocenters. The number of benzene rings is 3. The number of methoxy groups -OCH3 is 1. The monoisotopic (exact) mass is 488 g/mol. The van der Waals surface area contributed by atoms with Gasteiger partial charge in [-0.3, -0.25) is 29.4 Å². The molecule has 0 bridgehead atoms. The first kappa shape index (κ1) is 23.5. The molecule has 0 spiro atoms. The first-order valence-corrected chi connectivity index (χ1v) is 11.5. The minimum Gasteiger partial charge on any atom is -0.496 e. The van der Waals surface area contributed by atoms with Crippen molar-refractivity contribution in [1.29, 1.82) is 0 Å². The van der Waals surface area contributed by atoms with E-state index in [1.807, 2.05) is 30.3 Å². The second-order valence-electron chi connectivity index (χ2n) is 9.12. The lowest BCUT2D eigenvalue weighted by atomic mass is 9.77. The number of carbonyl (C=O) groups is 4. The van der Waals surface area contributed by atoms with Crippen LogP contribution in [-0.2, 0) is 25.7 Å². The highest BCUT2D eigenvalue weighted by Crippen LogP contribution is 2.51. The number of aliphatic carboxylic acids is 2. The maximum absolute atomic E-state index is 13.7. The highest BCUT2D eigenvalue weighted by Gasteiger charge is 2.69. The Bertz CT molecular complexity index is 1390. The van der Waals surface area contributed by atoms with E-state index >= 15 is 0 Å². The van der Waals surface area contributed by atoms with Crippen molar-refractivity contribution in [3.8, 4) is 5.75 Å². The van der Waals surface area contributed by atoms with E-state index in [-0.39, 0.29) is 6.54 Å². The molecule has 4 unspecified atom stereocenters. The zero-order chi connectivity index (χ0) is 25.6. The lowest BCUT2D eigenvalue weighted by Gasteiger charge is -2.30. The Morgan fingerprint density at radius 1 is 0.944 bits per heavy atom. The first-order valence-electron chi connectivity index (χ1n) is 11.5. The van der Waals surface area contributed by atoms with Crippen LogP contribution in [0.4, 0.5) is 0 Å². The van der Waals surface area contributed by atoms with Crippen LogP contribution in [-0.4, -0.2) is 51.5 Å². The molecule has 36 heavy (non-hydrogen) atoms. The molecule has 0 radical (unpaired) electrons. The zero-order valence-electron chi connectivity index (χ0n) is 19.4. The third-order valence-corrected chi connectivity index (χ3v) is 7.21. The second kappa shape index (κ2) is 8.76. The van der Waals surface area contributed by atoms with Crippen LogP contribution < -0.4 is 10.1 Å². The summed E-state index contributed by atoms with van der Waals surface area (Å²) in [5, 5.41) is 24.3. The van der Waals surface area contributed by atoms with Gasteiger partial charge in [-0.1, -0.05) is 60.7 Å². The van der Waals surface area contributed by atoms with Crippen molar-refractivity contribution in [3.63, 3.8) is 0 Å². The van der Waals surface area contributed by atoms with Gasteiger partial charge in [-0.2, -0.15) is 0 Å². The summed E-state index contributed by atoms with van der Waals surface area (Å²) in [6.07, 6.45) is -0.855. The molecular weight excluding hydrogens is 464 g/mol. The summed E-state index contributed by atoms with van der Waals surface area (Å²) in [4.78, 5) is 52.9. The largest absolute Gasteiger partial charge is 0.496 e. The molecule has 0 aliphatic carbocycles. The predicted octanol–water partition coefficient (Wildman–Crippen LogP) is 2.59. The standard InChI is InChI=1S/C27H24N2O7/c1-36-19-12-11-18(16-9-5-6-10-17(16)19)23-21-22(27(28-23,26(34)35)13-20(30)31)25(33)29(24(21)32)14-15-7-3-2-4-8-15/h2-12,21-23,28H,13-14H2,1H3,(H,30,31)(H,34,35). The third kappa shape index (κ3) is 3.51. The number of rotatable bonds is 7. The van der Waals surface area contributed by atoms with Gasteiger partial charge in [0.1, 0.15) is 11.3 Å². The van der Waals surface area contributed by atoms with Crippen LogP contribution in [0.25, 0.3) is 10.8 Å². The Hall–Kier alpha value is -4.24. The molecule has 3 aromatic rings. The van der Waals surface area contributed by atoms with E-state index in [4.69, 9.17) is 4.74 Å². The Morgan fingerprint density at radius 3 is 2.25 bits per heavy atom. The van der Waals surface area contributed by atoms with Crippen LogP contribution in [0.2, 0.25) is 0 Å². The molecule has 2 aliphatic rings. The SMILES string of the molecule is COc1ccc(C2NC(CC(=O)O)(C(=O)O)C3C(=O)N(Cc4ccccc4)C(=O)C23)c2ccccc12. The lowest BCUT2D eigenvalue weighted by molar-refractivity contribution is -0.156. The van der Waals surface area contributed by atoms with Crippen LogP contribution in [0.1, 0.15) is 23.6 Å². The number of hydrogen-bond donors (Lipinski definition) is 3. The molecule has 5 rings (SSSR count). The molecule has 0 aromatic heterocycles. The number of likely N-dealkylation sites (tertiary alicyclic amines) is 1. The van der Waals surface area contributed by atoms with E-state index in [0.717, 1.165) is 10.3 Å².